The van der Waals surface area contributed by atoms with E-state index in [0.29, 0.717) is 26.2 Å². The molecule has 0 saturated carbocycles. The Bertz CT molecular complexity index is 666. The molecule has 18 nitrogen and oxygen atoms in total. The molecule has 0 aromatic rings. The Labute approximate surface area is 342 Å². The van der Waals surface area contributed by atoms with Gasteiger partial charge in [-0.25, -0.2) is 0 Å². The molecule has 0 aliphatic heterocycles. The third kappa shape index (κ3) is 66.3. The van der Waals surface area contributed by atoms with Gasteiger partial charge in [-0.1, -0.05) is 74.3 Å². The second-order valence-corrected chi connectivity index (χ2v) is 8.96. The Morgan fingerprint density at radius 3 is 0.839 bits per heavy atom. The molecule has 56 heavy (non-hydrogen) atoms. The van der Waals surface area contributed by atoms with Crippen LogP contribution in [-0.4, -0.2) is 179 Å². The Morgan fingerprint density at radius 2 is 0.589 bits per heavy atom. The number of hydrogen-bond donors (Lipinski definition) is 2. The van der Waals surface area contributed by atoms with E-state index in [9.17, 15) is 19.2 Å². The predicted molar refractivity (Wildman–Crippen MR) is 222 cm³/mol. The molecule has 0 atom stereocenters. The molecule has 0 aliphatic rings. The van der Waals surface area contributed by atoms with Crippen LogP contribution in [0.1, 0.15) is 87.1 Å². The van der Waals surface area contributed by atoms with Gasteiger partial charge in [0.05, 0.1) is 132 Å². The standard InChI is InChI=1S/C28H50O18.10CH4/c29-23-43-15-9-37-7-13-41-21-26(22-42-14-8-38-10-16-44-24-30)46-18-17-45-25(19-39-11-5-35-3-1-27(31)32)20-40-12-6-36-4-2-28(33)34;;;;;;;;;;/h23-26H,1-22H2,(H,31,32)(H,33,34);10*1H4. The Morgan fingerprint density at radius 1 is 0.357 bits per heavy atom. The van der Waals surface area contributed by atoms with E-state index >= 15 is 0 Å². The second-order valence-electron chi connectivity index (χ2n) is 8.96. The number of carboxylic acid groups (broad SMARTS) is 2. The molecule has 0 spiro atoms. The van der Waals surface area contributed by atoms with Crippen LogP contribution in [0.2, 0.25) is 0 Å². The summed E-state index contributed by atoms with van der Waals surface area (Å²) in [6, 6.07) is 0. The first-order valence-electron chi connectivity index (χ1n) is 14.9. The first-order chi connectivity index (χ1) is 22.5. The molecule has 0 aromatic carbocycles. The van der Waals surface area contributed by atoms with Crippen LogP contribution in [0.4, 0.5) is 0 Å². The normalized spacial score (nSPS) is 9.25. The number of carboxylic acids is 2. The van der Waals surface area contributed by atoms with Crippen molar-refractivity contribution in [1.29, 1.82) is 0 Å². The summed E-state index contributed by atoms with van der Waals surface area (Å²) in [6.07, 6.45) is -1.09. The summed E-state index contributed by atoms with van der Waals surface area (Å²) in [6.45, 7) is 4.92. The zero-order valence-corrected chi connectivity index (χ0v) is 26.3. The quantitative estimate of drug-likeness (QED) is 0.0573. The van der Waals surface area contributed by atoms with E-state index in [4.69, 9.17) is 57.6 Å². The minimum atomic E-state index is -0.944. The highest BCUT2D eigenvalue weighted by molar-refractivity contribution is 5.67. The van der Waals surface area contributed by atoms with E-state index in [-0.39, 0.29) is 206 Å². The van der Waals surface area contributed by atoms with Crippen molar-refractivity contribution in [3.05, 3.63) is 0 Å². The van der Waals surface area contributed by atoms with E-state index < -0.39 is 24.1 Å². The van der Waals surface area contributed by atoms with Crippen molar-refractivity contribution in [3.8, 4) is 0 Å². The van der Waals surface area contributed by atoms with Gasteiger partial charge in [-0.05, 0) is 0 Å². The monoisotopic (exact) mass is 835 g/mol. The van der Waals surface area contributed by atoms with Crippen LogP contribution in [0.3, 0.4) is 0 Å². The molecule has 0 amide bonds. The molecule has 0 bridgehead atoms. The lowest BCUT2D eigenvalue weighted by atomic mass is 10.4. The molecule has 350 valence electrons. The van der Waals surface area contributed by atoms with Gasteiger partial charge in [0.1, 0.15) is 25.4 Å². The SMILES string of the molecule is C.C.C.C.C.C.C.C.C.C.O=COCCOCCOCC(COCCOCCOC=O)OCCOC(COCCOCCC(=O)O)COCCOCCC(=O)O. The van der Waals surface area contributed by atoms with Crippen LogP contribution in [0.25, 0.3) is 0 Å². The number of carbonyl (C=O) groups is 4. The van der Waals surface area contributed by atoms with Gasteiger partial charge < -0.3 is 67.1 Å². The third-order valence-electron chi connectivity index (χ3n) is 5.24. The number of hydrogen-bond acceptors (Lipinski definition) is 16. The fraction of sp³-hybridized carbons (Fsp3) is 0.895. The molecule has 0 saturated heterocycles. The molecule has 0 aromatic heterocycles. The minimum Gasteiger partial charge on any atom is -0.481 e. The maximum absolute atomic E-state index is 10.6. The van der Waals surface area contributed by atoms with Crippen molar-refractivity contribution in [1.82, 2.24) is 0 Å². The molecule has 0 fully saturated rings. The zero-order chi connectivity index (χ0) is 33.8. The van der Waals surface area contributed by atoms with Gasteiger partial charge in [-0.3, -0.25) is 19.2 Å². The summed E-state index contributed by atoms with van der Waals surface area (Å²) in [5.74, 6) is -1.89. The molecule has 0 aliphatic carbocycles. The largest absolute Gasteiger partial charge is 0.481 e. The topological polar surface area (TPSA) is 219 Å². The van der Waals surface area contributed by atoms with Gasteiger partial charge >= 0.3 is 11.9 Å². The van der Waals surface area contributed by atoms with Crippen LogP contribution in [0, 0.1) is 0 Å². The van der Waals surface area contributed by atoms with Gasteiger partial charge in [0.2, 0.25) is 0 Å². The van der Waals surface area contributed by atoms with E-state index in [1.807, 2.05) is 0 Å². The summed E-state index contributed by atoms with van der Waals surface area (Å²) in [4.78, 5) is 41.4. The smallest absolute Gasteiger partial charge is 0.305 e. The summed E-state index contributed by atoms with van der Waals surface area (Å²) < 4.78 is 64.3. The number of rotatable bonds is 39. The number of aliphatic carboxylic acids is 2. The average molecular weight is 835 g/mol. The Kier molecular flexibility index (Phi) is 98.0. The lowest BCUT2D eigenvalue weighted by molar-refractivity contribution is -0.139. The average Bonchev–Trinajstić information content (AvgIpc) is 3.03. The molecule has 2 N–H and O–H groups in total. The second kappa shape index (κ2) is 67.2. The van der Waals surface area contributed by atoms with Gasteiger partial charge in [-0.15, -0.1) is 0 Å². The van der Waals surface area contributed by atoms with Gasteiger partial charge in [0, 0.05) is 0 Å². The van der Waals surface area contributed by atoms with Gasteiger partial charge in [0.25, 0.3) is 12.9 Å². The van der Waals surface area contributed by atoms with E-state index in [1.54, 1.807) is 0 Å². The Hall–Kier alpha value is -2.52. The highest BCUT2D eigenvalue weighted by Crippen LogP contribution is 2.01. The lowest BCUT2D eigenvalue weighted by Gasteiger charge is -2.21. The molecule has 18 heteroatoms. The van der Waals surface area contributed by atoms with Crippen molar-refractivity contribution in [2.24, 2.45) is 0 Å². The summed E-state index contributed by atoms with van der Waals surface area (Å²) >= 11 is 0. The van der Waals surface area contributed by atoms with Crippen LogP contribution in [0.15, 0.2) is 0 Å². The van der Waals surface area contributed by atoms with Crippen molar-refractivity contribution < 1.29 is 86.2 Å². The highest BCUT2D eigenvalue weighted by atomic mass is 16.6. The zero-order valence-electron chi connectivity index (χ0n) is 26.3. The third-order valence-corrected chi connectivity index (χ3v) is 5.24. The van der Waals surface area contributed by atoms with Crippen LogP contribution in [0.5, 0.6) is 0 Å². The molecule has 0 unspecified atom stereocenters. The van der Waals surface area contributed by atoms with Crippen molar-refractivity contribution >= 4 is 24.9 Å². The lowest BCUT2D eigenvalue weighted by Crippen LogP contribution is -2.31. The summed E-state index contributed by atoms with van der Waals surface area (Å²) in [5.41, 5.74) is 0. The molecular formula is C38H90O18. The molecule has 0 heterocycles. The fourth-order valence-corrected chi connectivity index (χ4v) is 3.09. The molecule has 0 rings (SSSR count). The van der Waals surface area contributed by atoms with Crippen molar-refractivity contribution in [2.45, 2.75) is 99.3 Å². The summed E-state index contributed by atoms with van der Waals surface area (Å²) in [5, 5.41) is 17.3. The molecule has 0 radical (unpaired) electrons. The summed E-state index contributed by atoms with van der Waals surface area (Å²) in [7, 11) is 0. The predicted octanol–water partition coefficient (Wildman–Crippen LogP) is 5.55. The van der Waals surface area contributed by atoms with Gasteiger partial charge in [0.15, 0.2) is 0 Å². The fourth-order valence-electron chi connectivity index (χ4n) is 3.09. The van der Waals surface area contributed by atoms with Crippen molar-refractivity contribution in [3.63, 3.8) is 0 Å². The number of carbonyl (C=O) groups excluding carboxylic acids is 2. The number of ether oxygens (including phenoxy) is 12. The van der Waals surface area contributed by atoms with E-state index in [1.165, 1.54) is 0 Å². The van der Waals surface area contributed by atoms with Crippen LogP contribution in [-0.2, 0) is 76.0 Å². The Balaban J connectivity index is -0.000000225. The maximum atomic E-state index is 10.6. The van der Waals surface area contributed by atoms with Crippen LogP contribution >= 0.6 is 0 Å². The first kappa shape index (κ1) is 81.6. The van der Waals surface area contributed by atoms with E-state index in [2.05, 4.69) is 9.47 Å². The first-order valence-corrected chi connectivity index (χ1v) is 14.9. The van der Waals surface area contributed by atoms with E-state index in [0.717, 1.165) is 0 Å². The van der Waals surface area contributed by atoms with Gasteiger partial charge in [-0.2, -0.15) is 0 Å². The maximum Gasteiger partial charge on any atom is 0.305 e. The minimum absolute atomic E-state index is 0. The highest BCUT2D eigenvalue weighted by Gasteiger charge is 2.14. The van der Waals surface area contributed by atoms with Crippen LogP contribution < -0.4 is 0 Å². The van der Waals surface area contributed by atoms with Crippen molar-refractivity contribution in [2.75, 3.05) is 132 Å². The molecular weight excluding hydrogens is 744 g/mol.